The van der Waals surface area contributed by atoms with E-state index in [9.17, 15) is 5.11 Å². The summed E-state index contributed by atoms with van der Waals surface area (Å²) in [4.78, 5) is 2.32. The lowest BCUT2D eigenvalue weighted by molar-refractivity contribution is 0.0947. The molecule has 1 N–H and O–H groups in total. The second-order valence-corrected chi connectivity index (χ2v) is 4.06. The van der Waals surface area contributed by atoms with Crippen molar-refractivity contribution in [3.05, 3.63) is 0 Å². The van der Waals surface area contributed by atoms with Gasteiger partial charge in [-0.25, -0.2) is 0 Å². The summed E-state index contributed by atoms with van der Waals surface area (Å²) in [5.74, 6) is 0. The average Bonchev–Trinajstić information content (AvgIpc) is 2.37. The fourth-order valence-corrected chi connectivity index (χ4v) is 2.15. The third-order valence-electron chi connectivity index (χ3n) is 2.47. The van der Waals surface area contributed by atoms with Gasteiger partial charge in [-0.3, -0.25) is 0 Å². The fourth-order valence-electron chi connectivity index (χ4n) is 1.73. The summed E-state index contributed by atoms with van der Waals surface area (Å²) >= 11 is 1.82. The van der Waals surface area contributed by atoms with Gasteiger partial charge in [-0.1, -0.05) is 0 Å². The van der Waals surface area contributed by atoms with E-state index in [2.05, 4.69) is 11.9 Å². The van der Waals surface area contributed by atoms with Crippen LogP contribution in [0, 0.1) is 0 Å². The van der Waals surface area contributed by atoms with Gasteiger partial charge in [-0.2, -0.15) is 0 Å². The number of nitrogens with zero attached hydrogens (tertiary/aromatic N) is 1. The summed E-state index contributed by atoms with van der Waals surface area (Å²) < 4.78 is 4.85. The molecule has 1 rings (SSSR count). The van der Waals surface area contributed by atoms with Crippen LogP contribution in [0.25, 0.3) is 0 Å². The van der Waals surface area contributed by atoms with Crippen molar-refractivity contribution in [2.45, 2.75) is 31.4 Å². The van der Waals surface area contributed by atoms with Crippen molar-refractivity contribution in [1.29, 1.82) is 0 Å². The normalized spacial score (nSPS) is 27.8. The number of hydrogen-bond acceptors (Lipinski definition) is 3. The Kier molecular flexibility index (Phi) is 4.78. The lowest BCUT2D eigenvalue weighted by Gasteiger charge is -2.21. The molecule has 0 aromatic carbocycles. The van der Waals surface area contributed by atoms with Crippen molar-refractivity contribution in [1.82, 2.24) is 4.90 Å². The highest BCUT2D eigenvalue weighted by atomic mass is 127. The molecule has 0 aromatic heterocycles. The Morgan fingerprint density at radius 1 is 1.75 bits per heavy atom. The molecule has 1 aliphatic rings. The molecule has 1 unspecified atom stereocenters. The van der Waals surface area contributed by atoms with Gasteiger partial charge in [-0.15, -0.1) is 0 Å². The molecular formula is C8H16INO2. The van der Waals surface area contributed by atoms with Crippen LogP contribution in [0.3, 0.4) is 0 Å². The van der Waals surface area contributed by atoms with Gasteiger partial charge in [0, 0.05) is 6.04 Å². The molecule has 0 amide bonds. The summed E-state index contributed by atoms with van der Waals surface area (Å²) in [5, 5.41) is 9.47. The summed E-state index contributed by atoms with van der Waals surface area (Å²) in [5.41, 5.74) is 0. The summed E-state index contributed by atoms with van der Waals surface area (Å²) in [7, 11) is 2.12. The number of aliphatic hydroxyl groups excluding tert-OH is 1. The maximum Gasteiger partial charge on any atom is 0.109 e. The molecule has 1 saturated heterocycles. The van der Waals surface area contributed by atoms with E-state index in [0.29, 0.717) is 12.6 Å². The van der Waals surface area contributed by atoms with Crippen molar-refractivity contribution in [3.63, 3.8) is 0 Å². The predicted molar refractivity (Wildman–Crippen MR) is 56.2 cm³/mol. The number of hydrogen-bond donors (Lipinski definition) is 1. The Labute approximate surface area is 87.8 Å². The molecule has 0 saturated carbocycles. The van der Waals surface area contributed by atoms with E-state index in [-0.39, 0.29) is 6.10 Å². The molecule has 72 valence electrons. The van der Waals surface area contributed by atoms with Crippen LogP contribution in [0.1, 0.15) is 19.3 Å². The average molecular weight is 285 g/mol. The van der Waals surface area contributed by atoms with Gasteiger partial charge in [0.2, 0.25) is 0 Å². The van der Waals surface area contributed by atoms with Crippen LogP contribution >= 0.6 is 23.0 Å². The number of aliphatic hydroxyl groups is 1. The molecule has 1 fully saturated rings. The zero-order valence-electron chi connectivity index (χ0n) is 7.37. The molecule has 0 aromatic rings. The van der Waals surface area contributed by atoms with Crippen LogP contribution < -0.4 is 0 Å². The maximum atomic E-state index is 9.47. The zero-order valence-corrected chi connectivity index (χ0v) is 9.53. The quantitative estimate of drug-likeness (QED) is 0.788. The van der Waals surface area contributed by atoms with Gasteiger partial charge in [0.1, 0.15) is 23.0 Å². The molecule has 0 bridgehead atoms. The van der Waals surface area contributed by atoms with E-state index in [1.54, 1.807) is 0 Å². The van der Waals surface area contributed by atoms with Crippen molar-refractivity contribution in [3.8, 4) is 0 Å². The van der Waals surface area contributed by atoms with E-state index < -0.39 is 0 Å². The molecule has 4 heteroatoms. The molecule has 12 heavy (non-hydrogen) atoms. The Bertz CT molecular complexity index is 134. The molecule has 2 atom stereocenters. The molecule has 0 aliphatic carbocycles. The standard InChI is InChI=1S/C8H16INO2/c1-10-4-2-3-7(10)5-8(11)6-12-9/h7-8,11H,2-6H2,1H3/t7?,8-/m1/s1. The number of halogens is 1. The van der Waals surface area contributed by atoms with Crippen LogP contribution in [-0.2, 0) is 3.07 Å². The second-order valence-electron chi connectivity index (χ2n) is 3.44. The Morgan fingerprint density at radius 3 is 3.00 bits per heavy atom. The fraction of sp³-hybridized carbons (Fsp3) is 1.00. The van der Waals surface area contributed by atoms with Crippen molar-refractivity contribution < 1.29 is 8.17 Å². The topological polar surface area (TPSA) is 32.7 Å². The number of likely N-dealkylation sites (tertiary alicyclic amines) is 1. The minimum Gasteiger partial charge on any atom is -0.391 e. The lowest BCUT2D eigenvalue weighted by Crippen LogP contribution is -2.30. The van der Waals surface area contributed by atoms with Crippen LogP contribution in [0.15, 0.2) is 0 Å². The molecule has 0 radical (unpaired) electrons. The van der Waals surface area contributed by atoms with Crippen LogP contribution in [-0.4, -0.2) is 42.4 Å². The molecule has 1 aliphatic heterocycles. The first kappa shape index (κ1) is 10.7. The first-order valence-electron chi connectivity index (χ1n) is 4.36. The zero-order chi connectivity index (χ0) is 8.97. The predicted octanol–water partition coefficient (Wildman–Crippen LogP) is 1.20. The van der Waals surface area contributed by atoms with Crippen molar-refractivity contribution in [2.75, 3.05) is 20.2 Å². The first-order chi connectivity index (χ1) is 5.74. The van der Waals surface area contributed by atoms with Crippen LogP contribution in [0.2, 0.25) is 0 Å². The van der Waals surface area contributed by atoms with E-state index in [4.69, 9.17) is 3.07 Å². The molecule has 0 spiro atoms. The van der Waals surface area contributed by atoms with Crippen LogP contribution in [0.5, 0.6) is 0 Å². The van der Waals surface area contributed by atoms with Gasteiger partial charge < -0.3 is 13.1 Å². The van der Waals surface area contributed by atoms with E-state index >= 15 is 0 Å². The lowest BCUT2D eigenvalue weighted by atomic mass is 10.1. The maximum absolute atomic E-state index is 9.47. The van der Waals surface area contributed by atoms with Gasteiger partial charge in [0.05, 0.1) is 12.7 Å². The summed E-state index contributed by atoms with van der Waals surface area (Å²) in [6.07, 6.45) is 3.03. The molecule has 1 heterocycles. The summed E-state index contributed by atoms with van der Waals surface area (Å²) in [6.45, 7) is 1.62. The SMILES string of the molecule is CN1CCCC1C[C@@H](O)COI. The monoisotopic (exact) mass is 285 g/mol. The third kappa shape index (κ3) is 3.16. The second kappa shape index (κ2) is 5.36. The molecule has 3 nitrogen and oxygen atoms in total. The highest BCUT2D eigenvalue weighted by Gasteiger charge is 2.23. The van der Waals surface area contributed by atoms with Crippen molar-refractivity contribution >= 4 is 23.0 Å². The smallest absolute Gasteiger partial charge is 0.109 e. The largest absolute Gasteiger partial charge is 0.391 e. The Hall–Kier alpha value is 0.610. The Morgan fingerprint density at radius 2 is 2.50 bits per heavy atom. The van der Waals surface area contributed by atoms with E-state index in [1.807, 2.05) is 23.0 Å². The Balaban J connectivity index is 2.20. The van der Waals surface area contributed by atoms with E-state index in [1.165, 1.54) is 19.4 Å². The summed E-state index contributed by atoms with van der Waals surface area (Å²) in [6, 6.07) is 0.562. The number of rotatable bonds is 4. The minimum absolute atomic E-state index is 0.299. The third-order valence-corrected chi connectivity index (χ3v) is 2.83. The minimum atomic E-state index is -0.299. The molecular weight excluding hydrogens is 269 g/mol. The van der Waals surface area contributed by atoms with Gasteiger partial charge in [0.15, 0.2) is 0 Å². The van der Waals surface area contributed by atoms with Gasteiger partial charge in [0.25, 0.3) is 0 Å². The van der Waals surface area contributed by atoms with Gasteiger partial charge in [-0.05, 0) is 32.9 Å². The van der Waals surface area contributed by atoms with Gasteiger partial charge >= 0.3 is 0 Å². The highest BCUT2D eigenvalue weighted by Crippen LogP contribution is 2.19. The highest BCUT2D eigenvalue weighted by molar-refractivity contribution is 14.1. The van der Waals surface area contributed by atoms with Crippen molar-refractivity contribution in [2.24, 2.45) is 0 Å². The van der Waals surface area contributed by atoms with Crippen LogP contribution in [0.4, 0.5) is 0 Å². The van der Waals surface area contributed by atoms with E-state index in [0.717, 1.165) is 6.42 Å². The first-order valence-corrected chi connectivity index (χ1v) is 5.24.